The molecular weight excluding hydrogens is 224 g/mol. The second-order valence-electron chi connectivity index (χ2n) is 6.20. The first-order valence-corrected chi connectivity index (χ1v) is 6.55. The smallest absolute Gasteiger partial charge is 0.251 e. The topological polar surface area (TPSA) is 56.6 Å². The SMILES string of the molecule is CC(C#N)Cc1cc2c([nH]c1=O)CCC(C)(C)C2. The third-order valence-corrected chi connectivity index (χ3v) is 3.76. The van der Waals surface area contributed by atoms with Crippen LogP contribution in [-0.4, -0.2) is 4.98 Å². The van der Waals surface area contributed by atoms with Gasteiger partial charge in [-0.25, -0.2) is 0 Å². The Bertz CT molecular complexity index is 549. The summed E-state index contributed by atoms with van der Waals surface area (Å²) in [5.74, 6) is -0.110. The van der Waals surface area contributed by atoms with Crippen molar-refractivity contribution in [1.82, 2.24) is 4.98 Å². The Morgan fingerprint density at radius 1 is 1.56 bits per heavy atom. The van der Waals surface area contributed by atoms with Gasteiger partial charge in [-0.1, -0.05) is 13.8 Å². The molecule has 0 spiro atoms. The molecule has 1 aliphatic rings. The van der Waals surface area contributed by atoms with Crippen LogP contribution in [0, 0.1) is 22.7 Å². The van der Waals surface area contributed by atoms with Crippen LogP contribution in [0.5, 0.6) is 0 Å². The lowest BCUT2D eigenvalue weighted by molar-refractivity contribution is 0.312. The van der Waals surface area contributed by atoms with Crippen molar-refractivity contribution in [2.24, 2.45) is 11.3 Å². The predicted octanol–water partition coefficient (Wildman–Crippen LogP) is 2.59. The van der Waals surface area contributed by atoms with E-state index >= 15 is 0 Å². The number of pyridine rings is 1. The van der Waals surface area contributed by atoms with Gasteiger partial charge in [0.1, 0.15) is 0 Å². The van der Waals surface area contributed by atoms with E-state index in [1.54, 1.807) is 0 Å². The van der Waals surface area contributed by atoms with E-state index in [1.165, 1.54) is 5.56 Å². The maximum absolute atomic E-state index is 11.9. The van der Waals surface area contributed by atoms with Gasteiger partial charge >= 0.3 is 0 Å². The van der Waals surface area contributed by atoms with Crippen LogP contribution in [0.2, 0.25) is 0 Å². The molecule has 0 fully saturated rings. The number of nitrogens with zero attached hydrogens (tertiary/aromatic N) is 1. The van der Waals surface area contributed by atoms with Crippen LogP contribution >= 0.6 is 0 Å². The molecule has 0 aliphatic heterocycles. The van der Waals surface area contributed by atoms with Crippen molar-refractivity contribution in [3.05, 3.63) is 33.2 Å². The molecular formula is C15H20N2O. The highest BCUT2D eigenvalue weighted by Gasteiger charge is 2.26. The summed E-state index contributed by atoms with van der Waals surface area (Å²) in [5.41, 5.74) is 3.39. The summed E-state index contributed by atoms with van der Waals surface area (Å²) in [6.07, 6.45) is 3.61. The van der Waals surface area contributed by atoms with Crippen LogP contribution in [-0.2, 0) is 19.3 Å². The lowest BCUT2D eigenvalue weighted by Gasteiger charge is -2.31. The van der Waals surface area contributed by atoms with Gasteiger partial charge in [0.05, 0.1) is 6.07 Å². The lowest BCUT2D eigenvalue weighted by Crippen LogP contribution is -2.27. The summed E-state index contributed by atoms with van der Waals surface area (Å²) in [7, 11) is 0. The van der Waals surface area contributed by atoms with Crippen molar-refractivity contribution < 1.29 is 0 Å². The average Bonchev–Trinajstić information content (AvgIpc) is 2.30. The molecule has 1 heterocycles. The van der Waals surface area contributed by atoms with Crippen molar-refractivity contribution in [3.8, 4) is 6.07 Å². The number of aromatic nitrogens is 1. The maximum atomic E-state index is 11.9. The molecule has 1 aliphatic carbocycles. The van der Waals surface area contributed by atoms with Crippen LogP contribution in [0.25, 0.3) is 0 Å². The minimum Gasteiger partial charge on any atom is -0.326 e. The molecule has 0 amide bonds. The van der Waals surface area contributed by atoms with Crippen molar-refractivity contribution in [3.63, 3.8) is 0 Å². The standard InChI is InChI=1S/C15H20N2O/c1-10(9-16)6-11-7-12-8-15(2,3)5-4-13(12)17-14(11)18/h7,10H,4-6,8H2,1-3H3,(H,17,18). The molecule has 1 N–H and O–H groups in total. The van der Waals surface area contributed by atoms with Gasteiger partial charge in [0, 0.05) is 17.2 Å². The number of nitrogens with one attached hydrogen (secondary N) is 1. The van der Waals surface area contributed by atoms with Crippen molar-refractivity contribution >= 4 is 0 Å². The van der Waals surface area contributed by atoms with Crippen molar-refractivity contribution in [2.45, 2.75) is 46.5 Å². The van der Waals surface area contributed by atoms with E-state index in [4.69, 9.17) is 5.26 Å². The summed E-state index contributed by atoms with van der Waals surface area (Å²) >= 11 is 0. The quantitative estimate of drug-likeness (QED) is 0.869. The highest BCUT2D eigenvalue weighted by Crippen LogP contribution is 2.33. The monoisotopic (exact) mass is 244 g/mol. The molecule has 1 unspecified atom stereocenters. The third-order valence-electron chi connectivity index (χ3n) is 3.76. The van der Waals surface area contributed by atoms with Crippen LogP contribution in [0.1, 0.15) is 44.0 Å². The summed E-state index contributed by atoms with van der Waals surface area (Å²) < 4.78 is 0. The fraction of sp³-hybridized carbons (Fsp3) is 0.600. The largest absolute Gasteiger partial charge is 0.326 e. The second-order valence-corrected chi connectivity index (χ2v) is 6.20. The Morgan fingerprint density at radius 3 is 2.94 bits per heavy atom. The number of aromatic amines is 1. The Morgan fingerprint density at radius 2 is 2.28 bits per heavy atom. The minimum absolute atomic E-state index is 0.0180. The summed E-state index contributed by atoms with van der Waals surface area (Å²) in [4.78, 5) is 14.9. The molecule has 1 aromatic rings. The van der Waals surface area contributed by atoms with Gasteiger partial charge in [-0.3, -0.25) is 4.79 Å². The molecule has 3 heteroatoms. The number of fused-ring (bicyclic) bond motifs is 1. The van der Waals surface area contributed by atoms with Gasteiger partial charge < -0.3 is 4.98 Å². The number of rotatable bonds is 2. The van der Waals surface area contributed by atoms with Crippen LogP contribution in [0.3, 0.4) is 0 Å². The van der Waals surface area contributed by atoms with E-state index in [0.717, 1.165) is 30.5 Å². The Hall–Kier alpha value is -1.56. The van der Waals surface area contributed by atoms with Crippen molar-refractivity contribution in [1.29, 1.82) is 5.26 Å². The van der Waals surface area contributed by atoms with E-state index in [1.807, 2.05) is 13.0 Å². The molecule has 96 valence electrons. The number of nitriles is 1. The van der Waals surface area contributed by atoms with Crippen LogP contribution in [0.4, 0.5) is 0 Å². The van der Waals surface area contributed by atoms with E-state index in [-0.39, 0.29) is 11.5 Å². The third kappa shape index (κ3) is 2.64. The maximum Gasteiger partial charge on any atom is 0.251 e. The first-order valence-electron chi connectivity index (χ1n) is 6.55. The predicted molar refractivity (Wildman–Crippen MR) is 71.3 cm³/mol. The number of aryl methyl sites for hydroxylation is 1. The van der Waals surface area contributed by atoms with Crippen LogP contribution < -0.4 is 5.56 Å². The molecule has 1 atom stereocenters. The molecule has 3 nitrogen and oxygen atoms in total. The summed E-state index contributed by atoms with van der Waals surface area (Å²) in [6.45, 7) is 6.38. The number of hydrogen-bond donors (Lipinski definition) is 1. The van der Waals surface area contributed by atoms with Gasteiger partial charge in [0.25, 0.3) is 5.56 Å². The molecule has 2 rings (SSSR count). The first kappa shape index (κ1) is 12.9. The van der Waals surface area contributed by atoms with E-state index in [9.17, 15) is 4.79 Å². The molecule has 1 aromatic heterocycles. The Kier molecular flexibility index (Phi) is 3.30. The van der Waals surface area contributed by atoms with E-state index in [2.05, 4.69) is 24.9 Å². The first-order chi connectivity index (χ1) is 8.41. The van der Waals surface area contributed by atoms with E-state index < -0.39 is 0 Å². The fourth-order valence-electron chi connectivity index (χ4n) is 2.64. The number of H-pyrrole nitrogens is 1. The van der Waals surface area contributed by atoms with Crippen LogP contribution in [0.15, 0.2) is 10.9 Å². The summed E-state index contributed by atoms with van der Waals surface area (Å²) in [6, 6.07) is 4.20. The lowest BCUT2D eigenvalue weighted by atomic mass is 9.75. The average molecular weight is 244 g/mol. The zero-order chi connectivity index (χ0) is 13.3. The zero-order valence-corrected chi connectivity index (χ0v) is 11.3. The van der Waals surface area contributed by atoms with Gasteiger partial charge in [-0.2, -0.15) is 5.26 Å². The molecule has 0 bridgehead atoms. The zero-order valence-electron chi connectivity index (χ0n) is 11.3. The molecule has 0 saturated heterocycles. The van der Waals surface area contributed by atoms with Gasteiger partial charge in [-0.15, -0.1) is 0 Å². The highest BCUT2D eigenvalue weighted by molar-refractivity contribution is 5.29. The molecule has 0 radical (unpaired) electrons. The molecule has 0 saturated carbocycles. The van der Waals surface area contributed by atoms with E-state index in [0.29, 0.717) is 11.8 Å². The normalized spacial score (nSPS) is 18.8. The van der Waals surface area contributed by atoms with Gasteiger partial charge in [0.15, 0.2) is 0 Å². The minimum atomic E-state index is -0.110. The molecule has 18 heavy (non-hydrogen) atoms. The van der Waals surface area contributed by atoms with Gasteiger partial charge in [0.2, 0.25) is 0 Å². The Balaban J connectivity index is 2.35. The number of hydrogen-bond acceptors (Lipinski definition) is 2. The highest BCUT2D eigenvalue weighted by atomic mass is 16.1. The van der Waals surface area contributed by atoms with Crippen molar-refractivity contribution in [2.75, 3.05) is 0 Å². The fourth-order valence-corrected chi connectivity index (χ4v) is 2.64. The Labute approximate surface area is 108 Å². The summed E-state index contributed by atoms with van der Waals surface area (Å²) in [5, 5.41) is 8.85. The van der Waals surface area contributed by atoms with Gasteiger partial charge in [-0.05, 0) is 49.7 Å². The second kappa shape index (κ2) is 4.61. The molecule has 0 aromatic carbocycles.